The molecule has 0 spiro atoms. The van der Waals surface area contributed by atoms with E-state index in [1.54, 1.807) is 6.92 Å². The molecule has 0 bridgehead atoms. The maximum absolute atomic E-state index is 12.0. The summed E-state index contributed by atoms with van der Waals surface area (Å²) in [5.41, 5.74) is 5.82. The molecule has 1 amide bonds. The number of carbonyl (C=O) groups excluding carboxylic acids is 1. The molecule has 1 aliphatic carbocycles. The van der Waals surface area contributed by atoms with Gasteiger partial charge in [-0.15, -0.1) is 0 Å². The molecule has 156 valence electrons. The lowest BCUT2D eigenvalue weighted by Gasteiger charge is -2.28. The molecule has 7 heteroatoms. The first-order valence-electron chi connectivity index (χ1n) is 10.7. The summed E-state index contributed by atoms with van der Waals surface area (Å²) in [7, 11) is 3.99. The highest BCUT2D eigenvalue weighted by Crippen LogP contribution is 2.36. The normalized spacial score (nSPS) is 15.9. The molecule has 3 aromatic rings. The van der Waals surface area contributed by atoms with E-state index in [0.29, 0.717) is 6.54 Å². The van der Waals surface area contributed by atoms with E-state index in [9.17, 15) is 4.79 Å². The van der Waals surface area contributed by atoms with Gasteiger partial charge in [-0.05, 0) is 36.5 Å². The molecule has 30 heavy (non-hydrogen) atoms. The van der Waals surface area contributed by atoms with Crippen molar-refractivity contribution < 1.29 is 4.79 Å². The molecule has 0 saturated heterocycles. The number of fused-ring (bicyclic) bond motifs is 1. The van der Waals surface area contributed by atoms with Crippen molar-refractivity contribution in [2.24, 2.45) is 13.0 Å². The number of anilines is 2. The number of aromatic nitrogens is 4. The largest absolute Gasteiger partial charge is 0.338 e. The quantitative estimate of drug-likeness (QED) is 0.654. The topological polar surface area (TPSA) is 59.2 Å². The van der Waals surface area contributed by atoms with Crippen LogP contribution in [-0.2, 0) is 31.4 Å². The molecule has 2 aromatic heterocycles. The van der Waals surface area contributed by atoms with E-state index in [1.807, 2.05) is 29.0 Å². The highest BCUT2D eigenvalue weighted by molar-refractivity contribution is 5.75. The number of carbonyl (C=O) groups is 1. The van der Waals surface area contributed by atoms with E-state index in [2.05, 4.69) is 46.0 Å². The Bertz CT molecular complexity index is 1080. The molecule has 0 unspecified atom stereocenters. The number of hydrogen-bond donors (Lipinski definition) is 0. The third-order valence-corrected chi connectivity index (χ3v) is 6.30. The van der Waals surface area contributed by atoms with Crippen LogP contribution in [0.3, 0.4) is 0 Å². The molecule has 2 aliphatic rings. The monoisotopic (exact) mass is 404 g/mol. The van der Waals surface area contributed by atoms with Gasteiger partial charge in [-0.3, -0.25) is 14.2 Å². The minimum Gasteiger partial charge on any atom is -0.338 e. The van der Waals surface area contributed by atoms with Crippen molar-refractivity contribution in [2.45, 2.75) is 39.3 Å². The number of hydrogen-bond acceptors (Lipinski definition) is 4. The molecule has 1 aromatic carbocycles. The Morgan fingerprint density at radius 3 is 2.60 bits per heavy atom. The first-order chi connectivity index (χ1) is 14.5. The smallest absolute Gasteiger partial charge is 0.219 e. The average Bonchev–Trinajstić information content (AvgIpc) is 3.35. The van der Waals surface area contributed by atoms with Crippen LogP contribution in [-0.4, -0.2) is 44.0 Å². The Balaban J connectivity index is 1.46. The number of nitrogens with zero attached hydrogens (tertiary/aromatic N) is 6. The lowest BCUT2D eigenvalue weighted by atomic mass is 10.1. The van der Waals surface area contributed by atoms with Gasteiger partial charge in [-0.25, -0.2) is 0 Å². The summed E-state index contributed by atoms with van der Waals surface area (Å²) in [6.45, 7) is 4.07. The minimum absolute atomic E-state index is 0.130. The van der Waals surface area contributed by atoms with Crippen LogP contribution in [0.5, 0.6) is 0 Å². The van der Waals surface area contributed by atoms with Crippen LogP contribution in [0.1, 0.15) is 31.0 Å². The molecule has 1 saturated carbocycles. The van der Waals surface area contributed by atoms with Gasteiger partial charge in [0.05, 0.1) is 12.7 Å². The van der Waals surface area contributed by atoms with E-state index in [-0.39, 0.29) is 5.91 Å². The summed E-state index contributed by atoms with van der Waals surface area (Å²) >= 11 is 0. The lowest BCUT2D eigenvalue weighted by Crippen LogP contribution is -2.35. The molecule has 0 N–H and O–H groups in total. The SMILES string of the molecule is CC(=O)N1CCc2c(c(N(C)c3ccc(-c4cnn(C)c4)cc3)nn2CC2CC2)C1. The third-order valence-electron chi connectivity index (χ3n) is 6.30. The summed E-state index contributed by atoms with van der Waals surface area (Å²) in [5, 5.41) is 9.28. The molecule has 1 aliphatic heterocycles. The van der Waals surface area contributed by atoms with Gasteiger partial charge >= 0.3 is 0 Å². The van der Waals surface area contributed by atoms with Crippen LogP contribution in [0.15, 0.2) is 36.7 Å². The van der Waals surface area contributed by atoms with Crippen molar-refractivity contribution >= 4 is 17.4 Å². The fraction of sp³-hybridized carbons (Fsp3) is 0.435. The van der Waals surface area contributed by atoms with E-state index in [4.69, 9.17) is 5.10 Å². The molecule has 5 rings (SSSR count). The van der Waals surface area contributed by atoms with Crippen molar-refractivity contribution in [1.29, 1.82) is 0 Å². The second-order valence-electron chi connectivity index (χ2n) is 8.57. The maximum atomic E-state index is 12.0. The standard InChI is InChI=1S/C23H28N6O/c1-16(30)28-11-10-22-21(15-28)23(25-29(22)13-17-4-5-17)27(3)20-8-6-18(7-9-20)19-12-24-26(2)14-19/h6-9,12,14,17H,4-5,10-11,13,15H2,1-3H3. The molecule has 0 radical (unpaired) electrons. The minimum atomic E-state index is 0.130. The second kappa shape index (κ2) is 7.31. The predicted molar refractivity (Wildman–Crippen MR) is 116 cm³/mol. The Morgan fingerprint density at radius 2 is 1.97 bits per heavy atom. The van der Waals surface area contributed by atoms with Crippen LogP contribution in [0.2, 0.25) is 0 Å². The molecule has 0 atom stereocenters. The van der Waals surface area contributed by atoms with Gasteiger partial charge in [0.25, 0.3) is 0 Å². The lowest BCUT2D eigenvalue weighted by molar-refractivity contribution is -0.129. The fourth-order valence-electron chi connectivity index (χ4n) is 4.28. The Hall–Kier alpha value is -3.09. The highest BCUT2D eigenvalue weighted by atomic mass is 16.2. The maximum Gasteiger partial charge on any atom is 0.219 e. The van der Waals surface area contributed by atoms with Crippen molar-refractivity contribution in [1.82, 2.24) is 24.5 Å². The van der Waals surface area contributed by atoms with Gasteiger partial charge in [-0.2, -0.15) is 10.2 Å². The molecule has 3 heterocycles. The van der Waals surface area contributed by atoms with Crippen molar-refractivity contribution in [3.63, 3.8) is 0 Å². The zero-order valence-corrected chi connectivity index (χ0v) is 17.9. The summed E-state index contributed by atoms with van der Waals surface area (Å²) < 4.78 is 4.02. The van der Waals surface area contributed by atoms with Crippen LogP contribution >= 0.6 is 0 Å². The molecule has 7 nitrogen and oxygen atoms in total. The van der Waals surface area contributed by atoms with E-state index < -0.39 is 0 Å². The number of amides is 1. The Labute approximate surface area is 176 Å². The first kappa shape index (κ1) is 18.9. The van der Waals surface area contributed by atoms with Gasteiger partial charge in [0.2, 0.25) is 5.91 Å². The number of aryl methyl sites for hydroxylation is 1. The zero-order valence-electron chi connectivity index (χ0n) is 17.9. The van der Waals surface area contributed by atoms with Gasteiger partial charge in [0.1, 0.15) is 0 Å². The number of rotatable bonds is 5. The van der Waals surface area contributed by atoms with Crippen molar-refractivity contribution in [3.05, 3.63) is 47.9 Å². The third kappa shape index (κ3) is 3.49. The van der Waals surface area contributed by atoms with Crippen LogP contribution in [0.4, 0.5) is 11.5 Å². The van der Waals surface area contributed by atoms with E-state index in [0.717, 1.165) is 48.1 Å². The molecular formula is C23H28N6O. The summed E-state index contributed by atoms with van der Waals surface area (Å²) in [6, 6.07) is 8.50. The van der Waals surface area contributed by atoms with Gasteiger partial charge in [0, 0.05) is 69.2 Å². The van der Waals surface area contributed by atoms with Crippen molar-refractivity contribution in [2.75, 3.05) is 18.5 Å². The zero-order chi connectivity index (χ0) is 20.8. The number of benzene rings is 1. The van der Waals surface area contributed by atoms with Crippen LogP contribution < -0.4 is 4.90 Å². The summed E-state index contributed by atoms with van der Waals surface area (Å²) in [5.74, 6) is 1.85. The fourth-order valence-corrected chi connectivity index (χ4v) is 4.28. The summed E-state index contributed by atoms with van der Waals surface area (Å²) in [6.07, 6.45) is 7.38. The van der Waals surface area contributed by atoms with E-state index >= 15 is 0 Å². The highest BCUT2D eigenvalue weighted by Gasteiger charge is 2.30. The van der Waals surface area contributed by atoms with Gasteiger partial charge < -0.3 is 9.80 Å². The molecular weight excluding hydrogens is 376 g/mol. The Kier molecular flexibility index (Phi) is 4.60. The second-order valence-corrected chi connectivity index (χ2v) is 8.57. The predicted octanol–water partition coefficient (Wildman–Crippen LogP) is 3.37. The van der Waals surface area contributed by atoms with Gasteiger partial charge in [0.15, 0.2) is 5.82 Å². The first-order valence-corrected chi connectivity index (χ1v) is 10.7. The Morgan fingerprint density at radius 1 is 1.20 bits per heavy atom. The van der Waals surface area contributed by atoms with Gasteiger partial charge in [-0.1, -0.05) is 12.1 Å². The van der Waals surface area contributed by atoms with E-state index in [1.165, 1.54) is 24.1 Å². The summed E-state index contributed by atoms with van der Waals surface area (Å²) in [4.78, 5) is 16.1. The van der Waals surface area contributed by atoms with Crippen LogP contribution in [0.25, 0.3) is 11.1 Å². The van der Waals surface area contributed by atoms with Crippen LogP contribution in [0, 0.1) is 5.92 Å². The average molecular weight is 405 g/mol. The molecule has 1 fully saturated rings. The van der Waals surface area contributed by atoms with Crippen molar-refractivity contribution in [3.8, 4) is 11.1 Å².